The van der Waals surface area contributed by atoms with Gasteiger partial charge in [-0.3, -0.25) is 9.69 Å². The highest BCUT2D eigenvalue weighted by Gasteiger charge is 2.11. The van der Waals surface area contributed by atoms with E-state index >= 15 is 0 Å². The second kappa shape index (κ2) is 6.97. The third kappa shape index (κ3) is 4.28. The quantitative estimate of drug-likeness (QED) is 0.793. The van der Waals surface area contributed by atoms with E-state index in [0.717, 1.165) is 38.4 Å². The van der Waals surface area contributed by atoms with Crippen LogP contribution in [0.4, 0.5) is 0 Å². The molecule has 0 spiro atoms. The van der Waals surface area contributed by atoms with Crippen LogP contribution in [0.5, 0.6) is 0 Å². The van der Waals surface area contributed by atoms with Crippen LogP contribution >= 0.6 is 24.0 Å². The molecule has 0 bridgehead atoms. The van der Waals surface area contributed by atoms with Crippen molar-refractivity contribution < 1.29 is 9.53 Å². The van der Waals surface area contributed by atoms with Crippen molar-refractivity contribution in [3.05, 3.63) is 35.4 Å². The molecule has 0 amide bonds. The Kier molecular flexibility index (Phi) is 5.92. The van der Waals surface area contributed by atoms with Gasteiger partial charge in [-0.25, -0.2) is 0 Å². The van der Waals surface area contributed by atoms with Crippen LogP contribution < -0.4 is 0 Å². The summed E-state index contributed by atoms with van der Waals surface area (Å²) in [5.74, 6) is 0. The van der Waals surface area contributed by atoms with Crippen molar-refractivity contribution in [3.8, 4) is 0 Å². The molecule has 1 aromatic carbocycles. The van der Waals surface area contributed by atoms with Crippen LogP contribution in [0, 0.1) is 0 Å². The number of halogens is 2. The van der Waals surface area contributed by atoms with E-state index in [4.69, 9.17) is 16.3 Å². The summed E-state index contributed by atoms with van der Waals surface area (Å²) in [6, 6.07) is 7.47. The van der Waals surface area contributed by atoms with E-state index in [1.807, 2.05) is 18.2 Å². The minimum Gasteiger partial charge on any atom is -0.379 e. The first-order valence-electron chi connectivity index (χ1n) is 5.34. The Morgan fingerprint density at radius 3 is 2.71 bits per heavy atom. The first-order chi connectivity index (χ1) is 7.75. The van der Waals surface area contributed by atoms with Crippen LogP contribution in [-0.2, 0) is 11.3 Å². The number of morpholine rings is 1. The molecule has 0 saturated carbocycles. The van der Waals surface area contributed by atoms with Crippen molar-refractivity contribution in [2.45, 2.75) is 6.54 Å². The number of benzene rings is 1. The van der Waals surface area contributed by atoms with Crippen LogP contribution in [0.25, 0.3) is 0 Å². The molecule has 5 heteroatoms. The lowest BCUT2D eigenvalue weighted by Crippen LogP contribution is -2.35. The van der Waals surface area contributed by atoms with Gasteiger partial charge in [0.15, 0.2) is 0 Å². The van der Waals surface area contributed by atoms with E-state index < -0.39 is 5.24 Å². The van der Waals surface area contributed by atoms with Crippen LogP contribution in [0.1, 0.15) is 15.9 Å². The lowest BCUT2D eigenvalue weighted by atomic mass is 10.1. The zero-order valence-corrected chi connectivity index (χ0v) is 11.0. The molecule has 0 unspecified atom stereocenters. The lowest BCUT2D eigenvalue weighted by molar-refractivity contribution is 0.0342. The van der Waals surface area contributed by atoms with E-state index in [1.165, 1.54) is 0 Å². The molecule has 0 aromatic heterocycles. The van der Waals surface area contributed by atoms with Crippen LogP contribution in [-0.4, -0.2) is 36.4 Å². The highest BCUT2D eigenvalue weighted by atomic mass is 35.5. The highest BCUT2D eigenvalue weighted by molar-refractivity contribution is 6.67. The average molecular weight is 276 g/mol. The molecular weight excluding hydrogens is 261 g/mol. The zero-order valence-electron chi connectivity index (χ0n) is 9.39. The Bertz CT molecular complexity index is 379. The molecule has 1 aliphatic rings. The van der Waals surface area contributed by atoms with Crippen LogP contribution in [0.2, 0.25) is 0 Å². The molecule has 2 rings (SSSR count). The number of carbonyl (C=O) groups is 1. The average Bonchev–Trinajstić information content (AvgIpc) is 2.30. The van der Waals surface area contributed by atoms with Gasteiger partial charge in [-0.05, 0) is 23.2 Å². The Labute approximate surface area is 112 Å². The van der Waals surface area contributed by atoms with Gasteiger partial charge in [-0.1, -0.05) is 18.2 Å². The Hall–Kier alpha value is -0.610. The predicted molar refractivity (Wildman–Crippen MR) is 70.0 cm³/mol. The summed E-state index contributed by atoms with van der Waals surface area (Å²) in [5.41, 5.74) is 1.68. The smallest absolute Gasteiger partial charge is 0.252 e. The van der Waals surface area contributed by atoms with Crippen molar-refractivity contribution in [2.24, 2.45) is 0 Å². The van der Waals surface area contributed by atoms with Gasteiger partial charge in [0.2, 0.25) is 0 Å². The fourth-order valence-corrected chi connectivity index (χ4v) is 1.93. The molecule has 1 aromatic rings. The maximum absolute atomic E-state index is 11.0. The van der Waals surface area contributed by atoms with Crippen molar-refractivity contribution in [1.29, 1.82) is 0 Å². The molecule has 0 aliphatic carbocycles. The van der Waals surface area contributed by atoms with Gasteiger partial charge in [0.25, 0.3) is 5.24 Å². The van der Waals surface area contributed by atoms with Gasteiger partial charge in [0.1, 0.15) is 0 Å². The maximum Gasteiger partial charge on any atom is 0.252 e. The number of nitrogens with zero attached hydrogens (tertiary/aromatic N) is 1. The Balaban J connectivity index is 0.00000144. The summed E-state index contributed by atoms with van der Waals surface area (Å²) in [6.45, 7) is 4.31. The van der Waals surface area contributed by atoms with Crippen molar-refractivity contribution >= 4 is 29.3 Å². The van der Waals surface area contributed by atoms with Gasteiger partial charge < -0.3 is 4.74 Å². The van der Waals surface area contributed by atoms with Gasteiger partial charge >= 0.3 is 0 Å². The van der Waals surface area contributed by atoms with Crippen molar-refractivity contribution in [3.63, 3.8) is 0 Å². The third-order valence-corrected chi connectivity index (χ3v) is 2.88. The Morgan fingerprint density at radius 2 is 2.06 bits per heavy atom. The van der Waals surface area contributed by atoms with Gasteiger partial charge in [0, 0.05) is 25.2 Å². The molecule has 0 N–H and O–H groups in total. The summed E-state index contributed by atoms with van der Waals surface area (Å²) in [7, 11) is 0. The molecule has 1 saturated heterocycles. The second-order valence-corrected chi connectivity index (χ2v) is 4.21. The van der Waals surface area contributed by atoms with E-state index in [0.29, 0.717) is 5.56 Å². The summed E-state index contributed by atoms with van der Waals surface area (Å²) < 4.78 is 5.28. The summed E-state index contributed by atoms with van der Waals surface area (Å²) >= 11 is 5.45. The molecule has 1 heterocycles. The largest absolute Gasteiger partial charge is 0.379 e. The lowest BCUT2D eigenvalue weighted by Gasteiger charge is -2.26. The first-order valence-corrected chi connectivity index (χ1v) is 5.72. The SMILES string of the molecule is Cl.O=C(Cl)c1cccc(CN2CCOCC2)c1. The van der Waals surface area contributed by atoms with Crippen LogP contribution in [0.15, 0.2) is 24.3 Å². The van der Waals surface area contributed by atoms with Gasteiger partial charge in [-0.2, -0.15) is 0 Å². The number of hydrogen-bond donors (Lipinski definition) is 0. The summed E-state index contributed by atoms with van der Waals surface area (Å²) in [5, 5.41) is -0.399. The molecular formula is C12H15Cl2NO2. The number of rotatable bonds is 3. The second-order valence-electron chi connectivity index (χ2n) is 3.86. The van der Waals surface area contributed by atoms with E-state index in [2.05, 4.69) is 4.90 Å². The monoisotopic (exact) mass is 275 g/mol. The molecule has 0 atom stereocenters. The minimum atomic E-state index is -0.399. The van der Waals surface area contributed by atoms with E-state index in [-0.39, 0.29) is 12.4 Å². The number of carbonyl (C=O) groups excluding carboxylic acids is 1. The fraction of sp³-hybridized carbons (Fsp3) is 0.417. The molecule has 17 heavy (non-hydrogen) atoms. The van der Waals surface area contributed by atoms with Crippen LogP contribution in [0.3, 0.4) is 0 Å². The molecule has 1 fully saturated rings. The van der Waals surface area contributed by atoms with E-state index in [1.54, 1.807) is 6.07 Å². The topological polar surface area (TPSA) is 29.5 Å². The molecule has 94 valence electrons. The third-order valence-electron chi connectivity index (χ3n) is 2.66. The standard InChI is InChI=1S/C12H14ClNO2.ClH/c13-12(15)11-3-1-2-10(8-11)9-14-4-6-16-7-5-14;/h1-3,8H,4-7,9H2;1H. The fourth-order valence-electron chi connectivity index (χ4n) is 1.81. The first kappa shape index (κ1) is 14.5. The summed E-state index contributed by atoms with van der Waals surface area (Å²) in [4.78, 5) is 13.3. The maximum atomic E-state index is 11.0. The zero-order chi connectivity index (χ0) is 11.4. The van der Waals surface area contributed by atoms with E-state index in [9.17, 15) is 4.79 Å². The normalized spacial score (nSPS) is 16.3. The molecule has 1 aliphatic heterocycles. The highest BCUT2D eigenvalue weighted by Crippen LogP contribution is 2.11. The number of hydrogen-bond acceptors (Lipinski definition) is 3. The van der Waals surface area contributed by atoms with Gasteiger partial charge in [0.05, 0.1) is 13.2 Å². The van der Waals surface area contributed by atoms with Crippen molar-refractivity contribution in [1.82, 2.24) is 4.90 Å². The van der Waals surface area contributed by atoms with Gasteiger partial charge in [-0.15, -0.1) is 12.4 Å². The molecule has 0 radical (unpaired) electrons. The Morgan fingerprint density at radius 1 is 1.35 bits per heavy atom. The van der Waals surface area contributed by atoms with Crippen molar-refractivity contribution in [2.75, 3.05) is 26.3 Å². The number of ether oxygens (including phenoxy) is 1. The predicted octanol–water partition coefficient (Wildman–Crippen LogP) is 2.32. The molecule has 3 nitrogen and oxygen atoms in total. The minimum absolute atomic E-state index is 0. The summed E-state index contributed by atoms with van der Waals surface area (Å²) in [6.07, 6.45) is 0.